The van der Waals surface area contributed by atoms with E-state index in [1.54, 1.807) is 26.0 Å². The number of ether oxygens (including phenoxy) is 3. The number of aliphatic hydroxyl groups is 1. The fourth-order valence-electron chi connectivity index (χ4n) is 3.33. The number of fused-ring (bicyclic) bond motifs is 3. The average molecular weight is 362 g/mol. The molecule has 3 rings (SSSR count). The molecular formula is C19H22O7. The molecule has 26 heavy (non-hydrogen) atoms. The molecule has 0 radical (unpaired) electrons. The van der Waals surface area contributed by atoms with Crippen LogP contribution >= 0.6 is 0 Å². The zero-order valence-corrected chi connectivity index (χ0v) is 14.8. The molecule has 0 unspecified atom stereocenters. The Balaban J connectivity index is 1.97. The van der Waals surface area contributed by atoms with Gasteiger partial charge in [0, 0.05) is 5.57 Å². The zero-order chi connectivity index (χ0) is 19.0. The highest BCUT2D eigenvalue weighted by atomic mass is 16.6. The summed E-state index contributed by atoms with van der Waals surface area (Å²) in [6, 6.07) is 0. The first-order valence-electron chi connectivity index (χ1n) is 8.65. The molecule has 0 aromatic carbocycles. The van der Waals surface area contributed by atoms with E-state index in [4.69, 9.17) is 14.2 Å². The molecule has 0 spiro atoms. The first-order valence-corrected chi connectivity index (χ1v) is 8.65. The topological polar surface area (TPSA) is 99.1 Å². The maximum atomic E-state index is 12.4. The van der Waals surface area contributed by atoms with E-state index in [1.165, 1.54) is 0 Å². The van der Waals surface area contributed by atoms with Gasteiger partial charge in [0.05, 0.1) is 24.0 Å². The number of carbonyl (C=O) groups excluding carboxylic acids is 3. The molecule has 7 heteroatoms. The molecule has 0 aromatic heterocycles. The van der Waals surface area contributed by atoms with Gasteiger partial charge >= 0.3 is 17.9 Å². The van der Waals surface area contributed by atoms with Crippen molar-refractivity contribution in [2.75, 3.05) is 6.61 Å². The van der Waals surface area contributed by atoms with Gasteiger partial charge in [-0.25, -0.2) is 9.59 Å². The minimum Gasteiger partial charge on any atom is -0.457 e. The lowest BCUT2D eigenvalue weighted by Gasteiger charge is -2.22. The fraction of sp³-hybridized carbons (Fsp3) is 0.526. The van der Waals surface area contributed by atoms with Gasteiger partial charge in [0.15, 0.2) is 0 Å². The highest BCUT2D eigenvalue weighted by molar-refractivity contribution is 5.94. The molecular weight excluding hydrogens is 340 g/mol. The van der Waals surface area contributed by atoms with Crippen molar-refractivity contribution in [2.45, 2.75) is 45.0 Å². The first kappa shape index (κ1) is 18.4. The van der Waals surface area contributed by atoms with Gasteiger partial charge in [-0.3, -0.25) is 4.79 Å². The van der Waals surface area contributed by atoms with Crippen LogP contribution in [0, 0.1) is 11.8 Å². The molecule has 4 atom stereocenters. The molecule has 2 heterocycles. The predicted octanol–water partition coefficient (Wildman–Crippen LogP) is 1.22. The second kappa shape index (κ2) is 7.07. The molecule has 1 saturated heterocycles. The standard InChI is InChI=1S/C19H22O7/c1-9(2)17(21)24-13-5-4-11(8-20)6-14-16(10(3)18(22)25-14)15-7-12(13)19(23)26-15/h6-7,9,13-16,20H,3-5,8H2,1-2H3/b11-6+/t13-,14-,15-,16+/m1/s1. The summed E-state index contributed by atoms with van der Waals surface area (Å²) < 4.78 is 16.2. The quantitative estimate of drug-likeness (QED) is 0.349. The lowest BCUT2D eigenvalue weighted by Crippen LogP contribution is -2.28. The Morgan fingerprint density at radius 1 is 1.27 bits per heavy atom. The van der Waals surface area contributed by atoms with Gasteiger partial charge in [0.25, 0.3) is 0 Å². The number of hydrogen-bond donors (Lipinski definition) is 1. The van der Waals surface area contributed by atoms with Crippen LogP contribution in [0.25, 0.3) is 0 Å². The van der Waals surface area contributed by atoms with E-state index in [-0.39, 0.29) is 23.7 Å². The van der Waals surface area contributed by atoms with Gasteiger partial charge in [-0.1, -0.05) is 20.4 Å². The second-order valence-electron chi connectivity index (χ2n) is 7.01. The Hall–Kier alpha value is -2.41. The third-order valence-corrected chi connectivity index (χ3v) is 4.85. The van der Waals surface area contributed by atoms with E-state index in [0.717, 1.165) is 0 Å². The summed E-state index contributed by atoms with van der Waals surface area (Å²) in [5.74, 6) is -2.44. The molecule has 0 aromatic rings. The van der Waals surface area contributed by atoms with Crippen molar-refractivity contribution in [3.8, 4) is 0 Å². The maximum absolute atomic E-state index is 12.4. The fourth-order valence-corrected chi connectivity index (χ4v) is 3.33. The highest BCUT2D eigenvalue weighted by Gasteiger charge is 2.47. The SMILES string of the molecule is C=C1C(=O)O[C@@H]2/C=C(/CO)CC[C@@H](OC(=O)C(C)C)C3=C[C@@H](OC3=O)[C@@H]12. The Bertz CT molecular complexity index is 715. The van der Waals surface area contributed by atoms with Gasteiger partial charge in [-0.05, 0) is 30.6 Å². The van der Waals surface area contributed by atoms with Crippen molar-refractivity contribution in [1.82, 2.24) is 0 Å². The average Bonchev–Trinajstić information content (AvgIpc) is 3.09. The number of rotatable bonds is 3. The molecule has 3 aliphatic rings. The molecule has 7 nitrogen and oxygen atoms in total. The van der Waals surface area contributed by atoms with Crippen molar-refractivity contribution in [3.05, 3.63) is 35.5 Å². The summed E-state index contributed by atoms with van der Waals surface area (Å²) in [4.78, 5) is 36.3. The normalized spacial score (nSPS) is 33.0. The van der Waals surface area contributed by atoms with Crippen LogP contribution in [0.5, 0.6) is 0 Å². The summed E-state index contributed by atoms with van der Waals surface area (Å²) in [6.45, 7) is 6.95. The van der Waals surface area contributed by atoms with Crippen molar-refractivity contribution < 1.29 is 33.7 Å². The third kappa shape index (κ3) is 3.31. The Morgan fingerprint density at radius 3 is 2.58 bits per heavy atom. The maximum Gasteiger partial charge on any atom is 0.338 e. The van der Waals surface area contributed by atoms with Crippen LogP contribution < -0.4 is 0 Å². The number of hydrogen-bond acceptors (Lipinski definition) is 7. The van der Waals surface area contributed by atoms with Gasteiger partial charge in [0.2, 0.25) is 0 Å². The van der Waals surface area contributed by atoms with E-state index in [2.05, 4.69) is 6.58 Å². The molecule has 1 fully saturated rings. The number of aliphatic hydroxyl groups excluding tert-OH is 1. The monoisotopic (exact) mass is 362 g/mol. The van der Waals surface area contributed by atoms with Gasteiger partial charge in [0.1, 0.15) is 18.3 Å². The van der Waals surface area contributed by atoms with E-state index in [9.17, 15) is 19.5 Å². The molecule has 140 valence electrons. The Kier molecular flexibility index (Phi) is 5.00. The molecule has 2 aliphatic heterocycles. The highest BCUT2D eigenvalue weighted by Crippen LogP contribution is 2.38. The van der Waals surface area contributed by atoms with Gasteiger partial charge < -0.3 is 19.3 Å². The lowest BCUT2D eigenvalue weighted by molar-refractivity contribution is -0.153. The van der Waals surface area contributed by atoms with Gasteiger partial charge in [-0.2, -0.15) is 0 Å². The third-order valence-electron chi connectivity index (χ3n) is 4.85. The number of carbonyl (C=O) groups is 3. The first-order chi connectivity index (χ1) is 12.3. The largest absolute Gasteiger partial charge is 0.457 e. The van der Waals surface area contributed by atoms with Gasteiger partial charge in [-0.15, -0.1) is 0 Å². The van der Waals surface area contributed by atoms with Crippen LogP contribution in [0.3, 0.4) is 0 Å². The van der Waals surface area contributed by atoms with Crippen molar-refractivity contribution >= 4 is 17.9 Å². The molecule has 0 saturated carbocycles. The summed E-state index contributed by atoms with van der Waals surface area (Å²) >= 11 is 0. The second-order valence-corrected chi connectivity index (χ2v) is 7.01. The smallest absolute Gasteiger partial charge is 0.338 e. The Morgan fingerprint density at radius 2 is 1.92 bits per heavy atom. The van der Waals surface area contributed by atoms with Crippen molar-refractivity contribution in [3.63, 3.8) is 0 Å². The van der Waals surface area contributed by atoms with Crippen LogP contribution in [-0.2, 0) is 28.6 Å². The minimum absolute atomic E-state index is 0.218. The van der Waals surface area contributed by atoms with E-state index in [0.29, 0.717) is 18.4 Å². The predicted molar refractivity (Wildman–Crippen MR) is 89.6 cm³/mol. The van der Waals surface area contributed by atoms with E-state index in [1.807, 2.05) is 0 Å². The summed E-state index contributed by atoms with van der Waals surface area (Å²) in [5, 5.41) is 9.63. The van der Waals surface area contributed by atoms with Crippen molar-refractivity contribution in [1.29, 1.82) is 0 Å². The Labute approximate surface area is 151 Å². The number of esters is 3. The van der Waals surface area contributed by atoms with Crippen LogP contribution in [0.2, 0.25) is 0 Å². The molecule has 2 bridgehead atoms. The molecule has 0 amide bonds. The van der Waals surface area contributed by atoms with E-state index < -0.39 is 42.1 Å². The minimum atomic E-state index is -0.764. The van der Waals surface area contributed by atoms with Crippen LogP contribution in [0.15, 0.2) is 35.5 Å². The molecule has 1 aliphatic carbocycles. The zero-order valence-electron chi connectivity index (χ0n) is 14.8. The lowest BCUT2D eigenvalue weighted by atomic mass is 9.87. The van der Waals surface area contributed by atoms with E-state index >= 15 is 0 Å². The summed E-state index contributed by atoms with van der Waals surface area (Å²) in [6.07, 6.45) is 1.84. The van der Waals surface area contributed by atoms with Crippen LogP contribution in [-0.4, -0.2) is 47.9 Å². The molecule has 1 N–H and O–H groups in total. The van der Waals surface area contributed by atoms with Crippen LogP contribution in [0.4, 0.5) is 0 Å². The summed E-state index contributed by atoms with van der Waals surface area (Å²) in [5.41, 5.74) is 1.12. The van der Waals surface area contributed by atoms with Crippen LogP contribution in [0.1, 0.15) is 26.7 Å². The summed E-state index contributed by atoms with van der Waals surface area (Å²) in [7, 11) is 0. The van der Waals surface area contributed by atoms with Crippen molar-refractivity contribution in [2.24, 2.45) is 11.8 Å².